The summed E-state index contributed by atoms with van der Waals surface area (Å²) in [5.74, 6) is -0.185. The lowest BCUT2D eigenvalue weighted by Gasteiger charge is -2.04. The van der Waals surface area contributed by atoms with E-state index in [4.69, 9.17) is 14.9 Å². The standard InChI is InChI=1S/C8H12N2O3/c1-2-12-8(11)6(5-9)7-10-3-4-13-7/h5,9-10H,2-4H2,1H3/b7-6-,9-5?. The molecule has 1 aliphatic rings. The molecule has 0 amide bonds. The van der Waals surface area contributed by atoms with Gasteiger partial charge in [-0.25, -0.2) is 4.79 Å². The molecular weight excluding hydrogens is 172 g/mol. The highest BCUT2D eigenvalue weighted by atomic mass is 16.5. The molecule has 0 aromatic rings. The van der Waals surface area contributed by atoms with Crippen molar-refractivity contribution in [3.05, 3.63) is 11.5 Å². The molecule has 0 bridgehead atoms. The lowest BCUT2D eigenvalue weighted by Crippen LogP contribution is -2.16. The van der Waals surface area contributed by atoms with Gasteiger partial charge < -0.3 is 20.2 Å². The summed E-state index contributed by atoms with van der Waals surface area (Å²) in [4.78, 5) is 11.2. The van der Waals surface area contributed by atoms with E-state index >= 15 is 0 Å². The Labute approximate surface area is 76.2 Å². The summed E-state index contributed by atoms with van der Waals surface area (Å²) in [7, 11) is 0. The highest BCUT2D eigenvalue weighted by Gasteiger charge is 2.18. The number of ether oxygens (including phenoxy) is 2. The molecule has 13 heavy (non-hydrogen) atoms. The number of carbonyl (C=O) groups excluding carboxylic acids is 1. The Kier molecular flexibility index (Phi) is 3.31. The normalized spacial score (nSPS) is 18.5. The van der Waals surface area contributed by atoms with Crippen LogP contribution >= 0.6 is 0 Å². The van der Waals surface area contributed by atoms with Gasteiger partial charge in [-0.3, -0.25) is 0 Å². The van der Waals surface area contributed by atoms with Gasteiger partial charge in [0.25, 0.3) is 0 Å². The van der Waals surface area contributed by atoms with Gasteiger partial charge in [-0.2, -0.15) is 0 Å². The Balaban J connectivity index is 2.75. The average Bonchev–Trinajstić information content (AvgIpc) is 2.59. The summed E-state index contributed by atoms with van der Waals surface area (Å²) < 4.78 is 9.83. The van der Waals surface area contributed by atoms with Crippen molar-refractivity contribution in [1.29, 1.82) is 5.41 Å². The molecule has 0 spiro atoms. The van der Waals surface area contributed by atoms with Crippen molar-refractivity contribution >= 4 is 12.2 Å². The Morgan fingerprint density at radius 2 is 2.62 bits per heavy atom. The van der Waals surface area contributed by atoms with Gasteiger partial charge in [0.05, 0.1) is 13.2 Å². The molecule has 72 valence electrons. The maximum atomic E-state index is 11.2. The fourth-order valence-electron chi connectivity index (χ4n) is 0.968. The lowest BCUT2D eigenvalue weighted by molar-refractivity contribution is -0.138. The van der Waals surface area contributed by atoms with Crippen LogP contribution in [0.3, 0.4) is 0 Å². The van der Waals surface area contributed by atoms with E-state index in [9.17, 15) is 4.79 Å². The predicted octanol–water partition coefficient (Wildman–Crippen LogP) is 0.0305. The van der Waals surface area contributed by atoms with E-state index in [1.807, 2.05) is 0 Å². The van der Waals surface area contributed by atoms with Crippen LogP contribution < -0.4 is 5.32 Å². The molecule has 5 nitrogen and oxygen atoms in total. The fraction of sp³-hybridized carbons (Fsp3) is 0.500. The van der Waals surface area contributed by atoms with E-state index in [0.717, 1.165) is 6.21 Å². The summed E-state index contributed by atoms with van der Waals surface area (Å²) in [6, 6.07) is 0. The van der Waals surface area contributed by atoms with Crippen LogP contribution in [0.25, 0.3) is 0 Å². The molecule has 1 saturated heterocycles. The largest absolute Gasteiger partial charge is 0.477 e. The molecule has 0 radical (unpaired) electrons. The second-order valence-corrected chi connectivity index (χ2v) is 2.38. The second kappa shape index (κ2) is 4.49. The number of rotatable bonds is 3. The topological polar surface area (TPSA) is 71.4 Å². The van der Waals surface area contributed by atoms with Gasteiger partial charge in [0.1, 0.15) is 12.2 Å². The third-order valence-electron chi connectivity index (χ3n) is 1.52. The number of carbonyl (C=O) groups is 1. The molecule has 0 atom stereocenters. The molecule has 1 fully saturated rings. The van der Waals surface area contributed by atoms with E-state index in [1.165, 1.54) is 0 Å². The molecular formula is C8H12N2O3. The maximum absolute atomic E-state index is 11.2. The highest BCUT2D eigenvalue weighted by Crippen LogP contribution is 2.07. The number of nitrogens with one attached hydrogen (secondary N) is 2. The molecule has 1 aliphatic heterocycles. The number of esters is 1. The van der Waals surface area contributed by atoms with Crippen molar-refractivity contribution in [3.8, 4) is 0 Å². The van der Waals surface area contributed by atoms with Crippen molar-refractivity contribution in [1.82, 2.24) is 5.32 Å². The molecule has 0 aromatic heterocycles. The smallest absolute Gasteiger partial charge is 0.345 e. The quantitative estimate of drug-likeness (QED) is 0.369. The van der Waals surface area contributed by atoms with Gasteiger partial charge >= 0.3 is 5.97 Å². The maximum Gasteiger partial charge on any atom is 0.345 e. The summed E-state index contributed by atoms with van der Waals surface area (Å²) in [5.41, 5.74) is 0.138. The fourth-order valence-corrected chi connectivity index (χ4v) is 0.968. The minimum atomic E-state index is -0.526. The summed E-state index contributed by atoms with van der Waals surface area (Å²) in [5, 5.41) is 9.88. The third-order valence-corrected chi connectivity index (χ3v) is 1.52. The third kappa shape index (κ3) is 2.21. The van der Waals surface area contributed by atoms with Crippen molar-refractivity contribution < 1.29 is 14.3 Å². The van der Waals surface area contributed by atoms with E-state index in [1.54, 1.807) is 6.92 Å². The first-order chi connectivity index (χ1) is 6.29. The Hall–Kier alpha value is -1.52. The number of hydrogen-bond acceptors (Lipinski definition) is 5. The molecule has 0 aliphatic carbocycles. The lowest BCUT2D eigenvalue weighted by atomic mass is 10.3. The Morgan fingerprint density at radius 1 is 1.85 bits per heavy atom. The minimum Gasteiger partial charge on any atom is -0.477 e. The molecule has 2 N–H and O–H groups in total. The van der Waals surface area contributed by atoms with Crippen molar-refractivity contribution in [3.63, 3.8) is 0 Å². The monoisotopic (exact) mass is 184 g/mol. The van der Waals surface area contributed by atoms with Crippen LogP contribution in [0.1, 0.15) is 6.92 Å². The van der Waals surface area contributed by atoms with Gasteiger partial charge in [0, 0.05) is 6.21 Å². The molecule has 5 heteroatoms. The van der Waals surface area contributed by atoms with Crippen LogP contribution in [-0.2, 0) is 14.3 Å². The Bertz CT molecular complexity index is 240. The number of hydrogen-bond donors (Lipinski definition) is 2. The van der Waals surface area contributed by atoms with Crippen molar-refractivity contribution in [2.24, 2.45) is 0 Å². The van der Waals surface area contributed by atoms with E-state index in [0.29, 0.717) is 25.6 Å². The highest BCUT2D eigenvalue weighted by molar-refractivity contribution is 6.08. The van der Waals surface area contributed by atoms with Crippen molar-refractivity contribution in [2.75, 3.05) is 19.8 Å². The molecule has 0 unspecified atom stereocenters. The van der Waals surface area contributed by atoms with E-state index in [2.05, 4.69) is 5.32 Å². The predicted molar refractivity (Wildman–Crippen MR) is 46.4 cm³/mol. The first-order valence-corrected chi connectivity index (χ1v) is 4.08. The summed E-state index contributed by atoms with van der Waals surface area (Å²) in [6.45, 7) is 3.19. The zero-order valence-corrected chi connectivity index (χ0v) is 7.42. The zero-order valence-electron chi connectivity index (χ0n) is 7.42. The SMILES string of the molecule is CCOC(=O)/C(C=N)=C1/NCCO1. The van der Waals surface area contributed by atoms with Gasteiger partial charge in [0.15, 0.2) is 0 Å². The van der Waals surface area contributed by atoms with Crippen LogP contribution in [0.5, 0.6) is 0 Å². The molecule has 0 aromatic carbocycles. The van der Waals surface area contributed by atoms with Crippen LogP contribution in [-0.4, -0.2) is 31.9 Å². The van der Waals surface area contributed by atoms with Crippen molar-refractivity contribution in [2.45, 2.75) is 6.92 Å². The molecule has 1 heterocycles. The van der Waals surface area contributed by atoms with Gasteiger partial charge in [-0.15, -0.1) is 0 Å². The molecule has 0 saturated carbocycles. The second-order valence-electron chi connectivity index (χ2n) is 2.38. The Morgan fingerprint density at radius 3 is 3.08 bits per heavy atom. The van der Waals surface area contributed by atoms with Crippen LogP contribution in [0.4, 0.5) is 0 Å². The molecule has 1 rings (SSSR count). The van der Waals surface area contributed by atoms with E-state index in [-0.39, 0.29) is 5.57 Å². The first-order valence-electron chi connectivity index (χ1n) is 4.08. The van der Waals surface area contributed by atoms with Gasteiger partial charge in [-0.1, -0.05) is 0 Å². The zero-order chi connectivity index (χ0) is 9.68. The van der Waals surface area contributed by atoms with Crippen LogP contribution in [0.15, 0.2) is 11.5 Å². The van der Waals surface area contributed by atoms with Gasteiger partial charge in [0.2, 0.25) is 5.88 Å². The van der Waals surface area contributed by atoms with Gasteiger partial charge in [-0.05, 0) is 6.92 Å². The van der Waals surface area contributed by atoms with Crippen LogP contribution in [0, 0.1) is 5.41 Å². The summed E-state index contributed by atoms with van der Waals surface area (Å²) >= 11 is 0. The minimum absolute atomic E-state index is 0.138. The first kappa shape index (κ1) is 9.57. The summed E-state index contributed by atoms with van der Waals surface area (Å²) in [6.07, 6.45) is 0.936. The average molecular weight is 184 g/mol. The van der Waals surface area contributed by atoms with E-state index < -0.39 is 5.97 Å². The van der Waals surface area contributed by atoms with Crippen LogP contribution in [0.2, 0.25) is 0 Å².